The highest BCUT2D eigenvalue weighted by atomic mass is 32.2. The predicted molar refractivity (Wildman–Crippen MR) is 56.4 cm³/mol. The fourth-order valence-corrected chi connectivity index (χ4v) is 1.39. The average Bonchev–Trinajstić information content (AvgIpc) is 2.16. The number of hydrogen-bond donors (Lipinski definition) is 0. The van der Waals surface area contributed by atoms with Crippen LogP contribution >= 0.6 is 0 Å². The Labute approximate surface area is 94.3 Å². The van der Waals surface area contributed by atoms with Gasteiger partial charge in [0.2, 0.25) is 5.88 Å². The number of methoxy groups -OCH3 is 1. The molecule has 0 spiro atoms. The van der Waals surface area contributed by atoms with Crippen molar-refractivity contribution >= 4 is 10.1 Å². The summed E-state index contributed by atoms with van der Waals surface area (Å²) in [5, 5.41) is 0. The van der Waals surface area contributed by atoms with Gasteiger partial charge in [-0.1, -0.05) is 0 Å². The Morgan fingerprint density at radius 2 is 2.19 bits per heavy atom. The molecule has 0 aromatic carbocycles. The number of hydrogen-bond acceptors (Lipinski definition) is 6. The minimum absolute atomic E-state index is 0.0287. The Hall–Kier alpha value is -1.18. The molecule has 0 fully saturated rings. The summed E-state index contributed by atoms with van der Waals surface area (Å²) in [4.78, 5) is 3.76. The minimum atomic E-state index is -3.55. The lowest BCUT2D eigenvalue weighted by Crippen LogP contribution is -2.07. The fourth-order valence-electron chi connectivity index (χ4n) is 0.984. The number of rotatable bonds is 6. The topological polar surface area (TPSA) is 74.7 Å². The van der Waals surface area contributed by atoms with Crippen LogP contribution in [-0.2, 0) is 26.2 Å². The van der Waals surface area contributed by atoms with E-state index in [0.29, 0.717) is 6.61 Å². The molecule has 1 heterocycles. The van der Waals surface area contributed by atoms with Crippen LogP contribution in [0.15, 0.2) is 18.3 Å². The molecule has 0 radical (unpaired) electrons. The van der Waals surface area contributed by atoms with E-state index in [1.54, 1.807) is 6.07 Å². The van der Waals surface area contributed by atoms with E-state index in [9.17, 15) is 8.42 Å². The van der Waals surface area contributed by atoms with Crippen molar-refractivity contribution in [3.8, 4) is 5.88 Å². The molecule has 1 rings (SSSR count). The normalized spacial score (nSPS) is 11.4. The van der Waals surface area contributed by atoms with Crippen molar-refractivity contribution in [2.45, 2.75) is 6.61 Å². The van der Waals surface area contributed by atoms with Gasteiger partial charge < -0.3 is 13.7 Å². The molecule has 0 atom stereocenters. The van der Waals surface area contributed by atoms with Crippen molar-refractivity contribution in [1.29, 1.82) is 0 Å². The van der Waals surface area contributed by atoms with Crippen molar-refractivity contribution in [3.05, 3.63) is 23.9 Å². The van der Waals surface area contributed by atoms with E-state index in [-0.39, 0.29) is 12.7 Å². The maximum atomic E-state index is 10.9. The Bertz CT molecular complexity index is 431. The molecule has 0 saturated heterocycles. The molecule has 0 bridgehead atoms. The van der Waals surface area contributed by atoms with Crippen LogP contribution in [0.25, 0.3) is 0 Å². The third kappa shape index (κ3) is 5.06. The van der Waals surface area contributed by atoms with Gasteiger partial charge in [0, 0.05) is 19.4 Å². The molecule has 0 N–H and O–H groups in total. The first-order valence-electron chi connectivity index (χ1n) is 4.42. The van der Waals surface area contributed by atoms with Gasteiger partial charge in [0.05, 0.1) is 12.9 Å². The maximum Gasteiger partial charge on any atom is 0.307 e. The zero-order valence-electron chi connectivity index (χ0n) is 9.04. The predicted octanol–water partition coefficient (Wildman–Crippen LogP) is 0.540. The molecule has 16 heavy (non-hydrogen) atoms. The summed E-state index contributed by atoms with van der Waals surface area (Å²) in [5.74, 6) is 0.0287. The second-order valence-corrected chi connectivity index (χ2v) is 4.62. The largest absolute Gasteiger partial charge is 0.362 e. The Morgan fingerprint density at radius 3 is 2.81 bits per heavy atom. The lowest BCUT2D eigenvalue weighted by Gasteiger charge is -2.05. The van der Waals surface area contributed by atoms with E-state index in [1.165, 1.54) is 19.4 Å². The number of ether oxygens (including phenoxy) is 2. The zero-order chi connectivity index (χ0) is 12.0. The molecule has 1 aromatic rings. The number of aromatic nitrogens is 1. The number of nitrogens with zero attached hydrogens (tertiary/aromatic N) is 1. The number of pyridine rings is 1. The average molecular weight is 247 g/mol. The molecular weight excluding hydrogens is 234 g/mol. The van der Waals surface area contributed by atoms with Crippen molar-refractivity contribution in [2.75, 3.05) is 20.2 Å². The monoisotopic (exact) mass is 247 g/mol. The van der Waals surface area contributed by atoms with Crippen molar-refractivity contribution in [1.82, 2.24) is 4.98 Å². The van der Waals surface area contributed by atoms with Gasteiger partial charge in [0.15, 0.2) is 0 Å². The van der Waals surface area contributed by atoms with E-state index in [4.69, 9.17) is 9.47 Å². The summed E-state index contributed by atoms with van der Waals surface area (Å²) in [7, 11) is -2.03. The molecule has 6 nitrogen and oxygen atoms in total. The third-order valence-corrected chi connectivity index (χ3v) is 1.98. The molecule has 1 aromatic heterocycles. The quantitative estimate of drug-likeness (QED) is 0.415. The van der Waals surface area contributed by atoms with Crippen LogP contribution in [0, 0.1) is 0 Å². The Kier molecular flexibility index (Phi) is 4.66. The highest BCUT2D eigenvalue weighted by Gasteiger charge is 2.06. The van der Waals surface area contributed by atoms with E-state index >= 15 is 0 Å². The van der Waals surface area contributed by atoms with Gasteiger partial charge >= 0.3 is 10.1 Å². The molecular formula is C9H13NO5S. The van der Waals surface area contributed by atoms with Crippen LogP contribution in [0.5, 0.6) is 5.88 Å². The summed E-state index contributed by atoms with van der Waals surface area (Å²) in [6.07, 6.45) is 2.41. The highest BCUT2D eigenvalue weighted by Crippen LogP contribution is 2.11. The molecule has 7 heteroatoms. The van der Waals surface area contributed by atoms with Crippen LogP contribution in [0.2, 0.25) is 0 Å². The minimum Gasteiger partial charge on any atom is -0.362 e. The molecule has 0 saturated carbocycles. The fraction of sp³-hybridized carbons (Fsp3) is 0.444. The molecule has 0 amide bonds. The van der Waals surface area contributed by atoms with E-state index in [2.05, 4.69) is 9.17 Å². The first-order chi connectivity index (χ1) is 7.51. The van der Waals surface area contributed by atoms with Gasteiger partial charge in [0.1, 0.15) is 6.79 Å². The Balaban J connectivity index is 2.64. The van der Waals surface area contributed by atoms with Gasteiger partial charge in [0.25, 0.3) is 0 Å². The van der Waals surface area contributed by atoms with Gasteiger partial charge in [-0.15, -0.1) is 0 Å². The van der Waals surface area contributed by atoms with Gasteiger partial charge in [-0.3, -0.25) is 0 Å². The lowest BCUT2D eigenvalue weighted by atomic mass is 10.3. The third-order valence-electron chi connectivity index (χ3n) is 1.51. The molecule has 0 aliphatic heterocycles. The maximum absolute atomic E-state index is 10.9. The lowest BCUT2D eigenvalue weighted by molar-refractivity contribution is -0.0391. The first-order valence-corrected chi connectivity index (χ1v) is 6.24. The van der Waals surface area contributed by atoms with Crippen LogP contribution in [0.3, 0.4) is 0 Å². The van der Waals surface area contributed by atoms with Crippen LogP contribution in [0.1, 0.15) is 5.56 Å². The van der Waals surface area contributed by atoms with Crippen molar-refractivity contribution in [2.24, 2.45) is 0 Å². The smallest absolute Gasteiger partial charge is 0.307 e. The summed E-state index contributed by atoms with van der Waals surface area (Å²) in [6.45, 7) is 0.473. The van der Waals surface area contributed by atoms with E-state index < -0.39 is 10.1 Å². The van der Waals surface area contributed by atoms with Crippen molar-refractivity contribution in [3.63, 3.8) is 0 Å². The SMILES string of the molecule is COCOCc1ccnc(OS(C)(=O)=O)c1. The molecule has 0 aliphatic rings. The summed E-state index contributed by atoms with van der Waals surface area (Å²) in [5.41, 5.74) is 0.755. The Morgan fingerprint density at radius 1 is 1.44 bits per heavy atom. The summed E-state index contributed by atoms with van der Waals surface area (Å²) >= 11 is 0. The van der Waals surface area contributed by atoms with Crippen LogP contribution in [0.4, 0.5) is 0 Å². The summed E-state index contributed by atoms with van der Waals surface area (Å²) < 4.78 is 36.1. The molecule has 0 unspecified atom stereocenters. The first kappa shape index (κ1) is 12.9. The van der Waals surface area contributed by atoms with Crippen LogP contribution < -0.4 is 4.18 Å². The zero-order valence-corrected chi connectivity index (χ0v) is 9.86. The molecule has 90 valence electrons. The molecule has 0 aliphatic carbocycles. The van der Waals surface area contributed by atoms with Gasteiger partial charge in [-0.2, -0.15) is 8.42 Å². The summed E-state index contributed by atoms with van der Waals surface area (Å²) in [6, 6.07) is 3.20. The van der Waals surface area contributed by atoms with Gasteiger partial charge in [-0.05, 0) is 11.6 Å². The highest BCUT2D eigenvalue weighted by molar-refractivity contribution is 7.86. The van der Waals surface area contributed by atoms with Gasteiger partial charge in [-0.25, -0.2) is 4.98 Å². The second kappa shape index (κ2) is 5.78. The van der Waals surface area contributed by atoms with E-state index in [1.807, 2.05) is 0 Å². The van der Waals surface area contributed by atoms with Crippen LogP contribution in [-0.4, -0.2) is 33.6 Å². The standard InChI is InChI=1S/C9H13NO5S/c1-13-7-14-6-8-3-4-10-9(5-8)15-16(2,11)12/h3-5H,6-7H2,1-2H3. The van der Waals surface area contributed by atoms with E-state index in [0.717, 1.165) is 11.8 Å². The second-order valence-electron chi connectivity index (χ2n) is 3.04. The van der Waals surface area contributed by atoms with Crippen molar-refractivity contribution < 1.29 is 22.1 Å².